The summed E-state index contributed by atoms with van der Waals surface area (Å²) >= 11 is 0. The molecule has 0 atom stereocenters. The molecule has 10 nitrogen and oxygen atoms in total. The summed E-state index contributed by atoms with van der Waals surface area (Å²) in [6.45, 7) is 1.40. The summed E-state index contributed by atoms with van der Waals surface area (Å²) in [5.41, 5.74) is 1.60. The molecule has 2 N–H and O–H groups in total. The number of ether oxygens (including phenoxy) is 3. The molecule has 194 valence electrons. The average molecular weight is 527 g/mol. The minimum absolute atomic E-state index is 0.0511. The van der Waals surface area contributed by atoms with Crippen LogP contribution >= 0.6 is 0 Å². The molecule has 0 bridgehead atoms. The molecule has 11 heteroatoms. The van der Waals surface area contributed by atoms with Gasteiger partial charge in [0.15, 0.2) is 6.61 Å². The van der Waals surface area contributed by atoms with Gasteiger partial charge in [0.25, 0.3) is 5.91 Å². The van der Waals surface area contributed by atoms with Gasteiger partial charge in [0.2, 0.25) is 10.0 Å². The fraction of sp³-hybridized carbons (Fsp3) is 0.192. The molecule has 3 aromatic carbocycles. The normalized spacial score (nSPS) is 10.9. The first-order valence-corrected chi connectivity index (χ1v) is 12.5. The van der Waals surface area contributed by atoms with Crippen LogP contribution in [-0.4, -0.2) is 47.1 Å². The Morgan fingerprint density at radius 2 is 1.46 bits per heavy atom. The fourth-order valence-electron chi connectivity index (χ4n) is 3.32. The Balaban J connectivity index is 1.65. The van der Waals surface area contributed by atoms with Gasteiger partial charge in [-0.2, -0.15) is 0 Å². The number of sulfonamides is 1. The third kappa shape index (κ3) is 7.38. The van der Waals surface area contributed by atoms with E-state index >= 15 is 0 Å². The van der Waals surface area contributed by atoms with Crippen molar-refractivity contribution in [2.45, 2.75) is 18.4 Å². The molecule has 0 aliphatic rings. The standard InChI is InChI=1S/C26H26N2O8S/c1-17-11-22(37(32,33)27-15-18-7-5-4-6-8-18)9-10-23(17)36-16-24(29)28-21-13-19(25(30)34-2)12-20(14-21)26(31)35-3/h4-14,27H,15-16H2,1-3H3,(H,28,29). The molecule has 0 aromatic heterocycles. The van der Waals surface area contributed by atoms with Crippen molar-refractivity contribution in [3.05, 3.63) is 89.0 Å². The van der Waals surface area contributed by atoms with Crippen LogP contribution < -0.4 is 14.8 Å². The largest absolute Gasteiger partial charge is 0.483 e. The van der Waals surface area contributed by atoms with Gasteiger partial charge < -0.3 is 19.5 Å². The van der Waals surface area contributed by atoms with E-state index in [1.807, 2.05) is 30.3 Å². The Kier molecular flexibility index (Phi) is 8.99. The number of rotatable bonds is 10. The Hall–Kier alpha value is -4.22. The van der Waals surface area contributed by atoms with E-state index in [4.69, 9.17) is 4.74 Å². The summed E-state index contributed by atoms with van der Waals surface area (Å²) < 4.78 is 42.8. The second-order valence-electron chi connectivity index (χ2n) is 7.86. The van der Waals surface area contributed by atoms with Crippen molar-refractivity contribution in [2.24, 2.45) is 0 Å². The Morgan fingerprint density at radius 3 is 2.03 bits per heavy atom. The zero-order valence-corrected chi connectivity index (χ0v) is 21.3. The highest BCUT2D eigenvalue weighted by Gasteiger charge is 2.17. The highest BCUT2D eigenvalue weighted by atomic mass is 32.2. The first-order valence-electron chi connectivity index (χ1n) is 11.0. The van der Waals surface area contributed by atoms with Gasteiger partial charge in [-0.3, -0.25) is 4.79 Å². The van der Waals surface area contributed by atoms with E-state index in [0.717, 1.165) is 5.56 Å². The van der Waals surface area contributed by atoms with Crippen LogP contribution in [0, 0.1) is 6.92 Å². The lowest BCUT2D eigenvalue weighted by molar-refractivity contribution is -0.118. The number of carbonyl (C=O) groups is 3. The van der Waals surface area contributed by atoms with Crippen LogP contribution in [0.25, 0.3) is 0 Å². The number of amides is 1. The molecule has 0 fully saturated rings. The lowest BCUT2D eigenvalue weighted by Crippen LogP contribution is -2.23. The summed E-state index contributed by atoms with van der Waals surface area (Å²) in [5, 5.41) is 2.55. The molecule has 0 radical (unpaired) electrons. The van der Waals surface area contributed by atoms with Gasteiger partial charge in [0.05, 0.1) is 30.2 Å². The number of hydrogen-bond donors (Lipinski definition) is 2. The first kappa shape index (κ1) is 27.4. The minimum Gasteiger partial charge on any atom is -0.483 e. The number of nitrogens with one attached hydrogen (secondary N) is 2. The molecule has 0 heterocycles. The molecule has 3 rings (SSSR count). The average Bonchev–Trinajstić information content (AvgIpc) is 2.90. The van der Waals surface area contributed by atoms with E-state index in [0.29, 0.717) is 11.3 Å². The van der Waals surface area contributed by atoms with Crippen LogP contribution in [0.1, 0.15) is 31.8 Å². The maximum Gasteiger partial charge on any atom is 0.337 e. The molecule has 1 amide bonds. The van der Waals surface area contributed by atoms with Gasteiger partial charge in [-0.05, 0) is 54.4 Å². The van der Waals surface area contributed by atoms with Gasteiger partial charge in [-0.25, -0.2) is 22.7 Å². The Bertz CT molecular complexity index is 1370. The number of aryl methyl sites for hydroxylation is 1. The van der Waals surface area contributed by atoms with Crippen LogP contribution in [0.4, 0.5) is 5.69 Å². The van der Waals surface area contributed by atoms with E-state index < -0.39 is 34.5 Å². The molecule has 0 aliphatic carbocycles. The summed E-state index contributed by atoms with van der Waals surface area (Å²) in [5.74, 6) is -1.64. The van der Waals surface area contributed by atoms with Crippen molar-refractivity contribution in [3.8, 4) is 5.75 Å². The second kappa shape index (κ2) is 12.2. The van der Waals surface area contributed by atoms with E-state index in [9.17, 15) is 22.8 Å². The SMILES string of the molecule is COC(=O)c1cc(NC(=O)COc2ccc(S(=O)(=O)NCc3ccccc3)cc2C)cc(C(=O)OC)c1. The summed E-state index contributed by atoms with van der Waals surface area (Å²) in [7, 11) is -1.37. The van der Waals surface area contributed by atoms with Gasteiger partial charge >= 0.3 is 11.9 Å². The second-order valence-corrected chi connectivity index (χ2v) is 9.62. The fourth-order valence-corrected chi connectivity index (χ4v) is 4.42. The highest BCUT2D eigenvalue weighted by molar-refractivity contribution is 7.89. The maximum absolute atomic E-state index is 12.7. The molecule has 0 unspecified atom stereocenters. The van der Waals surface area contributed by atoms with Crippen molar-refractivity contribution >= 4 is 33.6 Å². The number of carbonyl (C=O) groups excluding carboxylic acids is 3. The molecule has 0 aliphatic heterocycles. The minimum atomic E-state index is -3.76. The summed E-state index contributed by atoms with van der Waals surface area (Å²) in [6, 6.07) is 17.4. The smallest absolute Gasteiger partial charge is 0.337 e. The summed E-state index contributed by atoms with van der Waals surface area (Å²) in [6.07, 6.45) is 0. The van der Waals surface area contributed by atoms with E-state index in [1.165, 1.54) is 50.6 Å². The molecule has 0 saturated heterocycles. The number of anilines is 1. The predicted molar refractivity (Wildman–Crippen MR) is 135 cm³/mol. The molecule has 3 aromatic rings. The number of hydrogen-bond acceptors (Lipinski definition) is 8. The zero-order valence-electron chi connectivity index (χ0n) is 20.4. The van der Waals surface area contributed by atoms with Gasteiger partial charge in [-0.1, -0.05) is 30.3 Å². The van der Waals surface area contributed by atoms with Gasteiger partial charge in [0, 0.05) is 12.2 Å². The number of methoxy groups -OCH3 is 2. The zero-order chi connectivity index (χ0) is 27.0. The predicted octanol–water partition coefficient (Wildman–Crippen LogP) is 3.06. The number of esters is 2. The van der Waals surface area contributed by atoms with Crippen LogP contribution in [-0.2, 0) is 30.8 Å². The van der Waals surface area contributed by atoms with E-state index in [2.05, 4.69) is 19.5 Å². The van der Waals surface area contributed by atoms with E-state index in [1.54, 1.807) is 6.92 Å². The van der Waals surface area contributed by atoms with Crippen LogP contribution in [0.2, 0.25) is 0 Å². The Labute approximate surface area is 214 Å². The van der Waals surface area contributed by atoms with Crippen LogP contribution in [0.3, 0.4) is 0 Å². The molecular weight excluding hydrogens is 500 g/mol. The first-order chi connectivity index (χ1) is 17.6. The van der Waals surface area contributed by atoms with Gasteiger partial charge in [-0.15, -0.1) is 0 Å². The van der Waals surface area contributed by atoms with Crippen molar-refractivity contribution in [1.29, 1.82) is 0 Å². The van der Waals surface area contributed by atoms with Gasteiger partial charge in [0.1, 0.15) is 5.75 Å². The topological polar surface area (TPSA) is 137 Å². The van der Waals surface area contributed by atoms with Crippen LogP contribution in [0.5, 0.6) is 5.75 Å². The number of benzene rings is 3. The van der Waals surface area contributed by atoms with E-state index in [-0.39, 0.29) is 28.3 Å². The molecule has 0 spiro atoms. The summed E-state index contributed by atoms with van der Waals surface area (Å²) in [4.78, 5) is 36.4. The molecule has 0 saturated carbocycles. The monoisotopic (exact) mass is 526 g/mol. The lowest BCUT2D eigenvalue weighted by atomic mass is 10.1. The Morgan fingerprint density at radius 1 is 0.838 bits per heavy atom. The van der Waals surface area contributed by atoms with Crippen molar-refractivity contribution < 1.29 is 37.0 Å². The van der Waals surface area contributed by atoms with Crippen molar-refractivity contribution in [3.63, 3.8) is 0 Å². The maximum atomic E-state index is 12.7. The quantitative estimate of drug-likeness (QED) is 0.385. The van der Waals surface area contributed by atoms with Crippen LogP contribution in [0.15, 0.2) is 71.6 Å². The third-order valence-corrected chi connectivity index (χ3v) is 6.58. The van der Waals surface area contributed by atoms with Crippen molar-refractivity contribution in [2.75, 3.05) is 26.1 Å². The third-order valence-electron chi connectivity index (χ3n) is 5.18. The van der Waals surface area contributed by atoms with Crippen molar-refractivity contribution in [1.82, 2.24) is 4.72 Å². The molecular formula is C26H26N2O8S. The lowest BCUT2D eigenvalue weighted by Gasteiger charge is -2.13. The highest BCUT2D eigenvalue weighted by Crippen LogP contribution is 2.22. The molecule has 37 heavy (non-hydrogen) atoms.